The van der Waals surface area contributed by atoms with Crippen LogP contribution in [0.3, 0.4) is 0 Å². The molecule has 0 saturated carbocycles. The van der Waals surface area contributed by atoms with Crippen molar-refractivity contribution in [3.8, 4) is 0 Å². The highest BCUT2D eigenvalue weighted by atomic mass is 16.2. The van der Waals surface area contributed by atoms with Gasteiger partial charge in [-0.25, -0.2) is 4.79 Å². The van der Waals surface area contributed by atoms with Crippen molar-refractivity contribution in [2.24, 2.45) is 13.0 Å². The molecule has 0 saturated heterocycles. The van der Waals surface area contributed by atoms with Crippen LogP contribution in [0.15, 0.2) is 46.1 Å². The Bertz CT molecular complexity index is 1300. The van der Waals surface area contributed by atoms with Crippen molar-refractivity contribution in [2.75, 3.05) is 0 Å². The van der Waals surface area contributed by atoms with Gasteiger partial charge >= 0.3 is 5.69 Å². The molecule has 29 heavy (non-hydrogen) atoms. The number of benzene rings is 1. The lowest BCUT2D eigenvalue weighted by atomic mass is 10.1. The molecule has 0 aliphatic heterocycles. The molecule has 1 unspecified atom stereocenters. The third-order valence-electron chi connectivity index (χ3n) is 5.67. The average molecular weight is 393 g/mol. The minimum Gasteiger partial charge on any atom is -0.307 e. The Balaban J connectivity index is 1.98. The number of rotatable bonds is 5. The van der Waals surface area contributed by atoms with Gasteiger partial charge in [0.1, 0.15) is 0 Å². The molecule has 4 rings (SSSR count). The highest BCUT2D eigenvalue weighted by molar-refractivity contribution is 5.75. The summed E-state index contributed by atoms with van der Waals surface area (Å²) in [5.41, 5.74) is 2.44. The van der Waals surface area contributed by atoms with Gasteiger partial charge in [0.25, 0.3) is 5.56 Å². The summed E-state index contributed by atoms with van der Waals surface area (Å²) in [6, 6.07) is 10.2. The van der Waals surface area contributed by atoms with E-state index in [2.05, 4.69) is 37.5 Å². The maximum absolute atomic E-state index is 13.2. The Kier molecular flexibility index (Phi) is 4.68. The number of hydrogen-bond acceptors (Lipinski definition) is 3. The molecule has 3 heterocycles. The van der Waals surface area contributed by atoms with E-state index < -0.39 is 0 Å². The normalized spacial score (nSPS) is 13.0. The van der Waals surface area contributed by atoms with Crippen LogP contribution in [0, 0.1) is 12.8 Å². The summed E-state index contributed by atoms with van der Waals surface area (Å²) in [6.07, 6.45) is 2.70. The van der Waals surface area contributed by atoms with Gasteiger partial charge in [0.05, 0.1) is 6.04 Å². The molecule has 4 aromatic rings. The fraction of sp³-hybridized carbons (Fsp3) is 0.409. The van der Waals surface area contributed by atoms with Crippen LogP contribution in [0.2, 0.25) is 0 Å². The molecule has 0 aliphatic rings. The molecular formula is C22H27N5O2. The minimum atomic E-state index is -0.316. The Hall–Kier alpha value is -3.09. The molecule has 1 atom stereocenters. The van der Waals surface area contributed by atoms with E-state index in [-0.39, 0.29) is 17.3 Å². The van der Waals surface area contributed by atoms with Crippen LogP contribution in [0.1, 0.15) is 44.5 Å². The van der Waals surface area contributed by atoms with Crippen LogP contribution in [0.5, 0.6) is 0 Å². The molecule has 0 fully saturated rings. The SMILES string of the molecule is Cc1cn2c3c(=O)n(CCC(C)C)c(=O)n(C)c3nc2n1C(C)c1ccccc1. The Morgan fingerprint density at radius 1 is 1.07 bits per heavy atom. The summed E-state index contributed by atoms with van der Waals surface area (Å²) in [5, 5.41) is 0. The molecule has 0 spiro atoms. The first-order valence-corrected chi connectivity index (χ1v) is 10.1. The first-order chi connectivity index (χ1) is 13.8. The summed E-state index contributed by atoms with van der Waals surface area (Å²) >= 11 is 0. The number of hydrogen-bond donors (Lipinski definition) is 0. The highest BCUT2D eigenvalue weighted by Gasteiger charge is 2.22. The second-order valence-electron chi connectivity index (χ2n) is 8.16. The van der Waals surface area contributed by atoms with Crippen LogP contribution in [0.25, 0.3) is 16.9 Å². The summed E-state index contributed by atoms with van der Waals surface area (Å²) in [5.74, 6) is 1.07. The van der Waals surface area contributed by atoms with E-state index in [0.29, 0.717) is 29.4 Å². The lowest BCUT2D eigenvalue weighted by Gasteiger charge is -2.16. The average Bonchev–Trinajstić information content (AvgIpc) is 3.20. The standard InChI is InChI=1S/C22H27N5O2/c1-14(2)11-12-25-20(28)18-19(24(5)22(25)29)23-21-26(18)13-15(3)27(21)16(4)17-9-7-6-8-10-17/h6-10,13-14,16H,11-12H2,1-5H3. The van der Waals surface area contributed by atoms with Gasteiger partial charge in [0, 0.05) is 25.5 Å². The summed E-state index contributed by atoms with van der Waals surface area (Å²) < 4.78 is 6.76. The molecule has 0 N–H and O–H groups in total. The minimum absolute atomic E-state index is 0.0470. The van der Waals surface area contributed by atoms with Crippen molar-refractivity contribution < 1.29 is 0 Å². The third-order valence-corrected chi connectivity index (χ3v) is 5.67. The van der Waals surface area contributed by atoms with Gasteiger partial charge in [-0.3, -0.25) is 18.3 Å². The first kappa shape index (κ1) is 19.2. The van der Waals surface area contributed by atoms with Crippen molar-refractivity contribution in [2.45, 2.75) is 46.7 Å². The fourth-order valence-corrected chi connectivity index (χ4v) is 3.97. The first-order valence-electron chi connectivity index (χ1n) is 10.1. The van der Waals surface area contributed by atoms with E-state index in [9.17, 15) is 9.59 Å². The van der Waals surface area contributed by atoms with Gasteiger partial charge in [-0.2, -0.15) is 4.98 Å². The zero-order valence-corrected chi connectivity index (χ0v) is 17.6. The monoisotopic (exact) mass is 393 g/mol. The molecule has 7 nitrogen and oxygen atoms in total. The van der Waals surface area contributed by atoms with E-state index in [0.717, 1.165) is 17.7 Å². The van der Waals surface area contributed by atoms with E-state index in [1.54, 1.807) is 7.05 Å². The zero-order valence-electron chi connectivity index (χ0n) is 17.6. The quantitative estimate of drug-likeness (QED) is 0.523. The smallest absolute Gasteiger partial charge is 0.307 e. The van der Waals surface area contributed by atoms with Crippen LogP contribution >= 0.6 is 0 Å². The molecule has 152 valence electrons. The number of nitrogens with zero attached hydrogens (tertiary/aromatic N) is 5. The van der Waals surface area contributed by atoms with Crippen LogP contribution in [-0.4, -0.2) is 23.1 Å². The number of aromatic nitrogens is 5. The van der Waals surface area contributed by atoms with Gasteiger partial charge in [-0.1, -0.05) is 44.2 Å². The second-order valence-corrected chi connectivity index (χ2v) is 8.16. The molecule has 0 amide bonds. The van der Waals surface area contributed by atoms with Gasteiger partial charge in [-0.15, -0.1) is 0 Å². The van der Waals surface area contributed by atoms with E-state index >= 15 is 0 Å². The predicted molar refractivity (Wildman–Crippen MR) is 115 cm³/mol. The van der Waals surface area contributed by atoms with E-state index in [4.69, 9.17) is 4.98 Å². The van der Waals surface area contributed by atoms with Crippen LogP contribution in [-0.2, 0) is 13.6 Å². The van der Waals surface area contributed by atoms with Crippen molar-refractivity contribution in [1.82, 2.24) is 23.1 Å². The van der Waals surface area contributed by atoms with Gasteiger partial charge in [0.15, 0.2) is 11.2 Å². The number of imidazole rings is 2. The van der Waals surface area contributed by atoms with Crippen molar-refractivity contribution in [3.63, 3.8) is 0 Å². The van der Waals surface area contributed by atoms with Gasteiger partial charge in [-0.05, 0) is 31.7 Å². The Morgan fingerprint density at radius 2 is 1.76 bits per heavy atom. The maximum Gasteiger partial charge on any atom is 0.332 e. The molecule has 0 aliphatic carbocycles. The van der Waals surface area contributed by atoms with E-state index in [1.165, 1.54) is 9.13 Å². The number of fused-ring (bicyclic) bond motifs is 3. The lowest BCUT2D eigenvalue weighted by Crippen LogP contribution is -2.39. The lowest BCUT2D eigenvalue weighted by molar-refractivity contribution is 0.488. The van der Waals surface area contributed by atoms with Crippen molar-refractivity contribution in [3.05, 3.63) is 68.6 Å². The van der Waals surface area contributed by atoms with Crippen molar-refractivity contribution in [1.29, 1.82) is 0 Å². The molecule has 3 aromatic heterocycles. The summed E-state index contributed by atoms with van der Waals surface area (Å²) in [7, 11) is 1.68. The molecule has 7 heteroatoms. The Labute approximate surface area is 168 Å². The summed E-state index contributed by atoms with van der Waals surface area (Å²) in [4.78, 5) is 30.7. The fourth-order valence-electron chi connectivity index (χ4n) is 3.97. The maximum atomic E-state index is 13.2. The largest absolute Gasteiger partial charge is 0.332 e. The van der Waals surface area contributed by atoms with Crippen LogP contribution < -0.4 is 11.2 Å². The van der Waals surface area contributed by atoms with Gasteiger partial charge < -0.3 is 4.57 Å². The molecule has 0 radical (unpaired) electrons. The molecular weight excluding hydrogens is 366 g/mol. The zero-order chi connectivity index (χ0) is 20.9. The predicted octanol–water partition coefficient (Wildman–Crippen LogP) is 3.11. The highest BCUT2D eigenvalue weighted by Crippen LogP contribution is 2.25. The van der Waals surface area contributed by atoms with Crippen LogP contribution in [0.4, 0.5) is 0 Å². The molecule has 0 bridgehead atoms. The number of aryl methyl sites for hydroxylation is 2. The summed E-state index contributed by atoms with van der Waals surface area (Å²) in [6.45, 7) is 8.70. The van der Waals surface area contributed by atoms with Crippen molar-refractivity contribution >= 4 is 16.9 Å². The molecule has 1 aromatic carbocycles. The third kappa shape index (κ3) is 3.01. The topological polar surface area (TPSA) is 66.2 Å². The second kappa shape index (κ2) is 7.06. The van der Waals surface area contributed by atoms with E-state index in [1.807, 2.05) is 35.7 Å². The van der Waals surface area contributed by atoms with Gasteiger partial charge in [0.2, 0.25) is 5.78 Å². The Morgan fingerprint density at radius 3 is 2.41 bits per heavy atom.